The normalized spacial score (nSPS) is 25.8. The van der Waals surface area contributed by atoms with Crippen LogP contribution in [0.15, 0.2) is 29.6 Å². The van der Waals surface area contributed by atoms with Gasteiger partial charge in [0, 0.05) is 11.4 Å². The van der Waals surface area contributed by atoms with E-state index in [9.17, 15) is 5.26 Å². The van der Waals surface area contributed by atoms with E-state index in [1.54, 1.807) is 11.8 Å². The molecular weight excluding hydrogens is 280 g/mol. The number of hydrogen-bond acceptors (Lipinski definition) is 4. The molecule has 21 heavy (non-hydrogen) atoms. The molecule has 2 aromatic rings. The second-order valence-corrected chi connectivity index (χ2v) is 6.98. The predicted octanol–water partition coefficient (Wildman–Crippen LogP) is 3.93. The zero-order valence-electron chi connectivity index (χ0n) is 12.3. The van der Waals surface area contributed by atoms with Crippen molar-refractivity contribution in [2.75, 3.05) is 0 Å². The lowest BCUT2D eigenvalue weighted by atomic mass is 9.80. The van der Waals surface area contributed by atoms with Crippen LogP contribution in [-0.2, 0) is 0 Å². The first-order chi connectivity index (χ1) is 10.3. The van der Waals surface area contributed by atoms with E-state index < -0.39 is 0 Å². The molecule has 1 saturated carbocycles. The second-order valence-electron chi connectivity index (χ2n) is 5.77. The number of pyridine rings is 1. The van der Waals surface area contributed by atoms with Crippen molar-refractivity contribution in [1.82, 2.24) is 14.6 Å². The fourth-order valence-electron chi connectivity index (χ4n) is 3.20. The number of rotatable bonds is 4. The summed E-state index contributed by atoms with van der Waals surface area (Å²) in [5, 5.41) is 19.2. The molecular formula is C16H20N4S. The molecule has 0 aromatic carbocycles. The van der Waals surface area contributed by atoms with E-state index in [2.05, 4.69) is 23.2 Å². The Balaban J connectivity index is 1.79. The molecule has 3 atom stereocenters. The lowest BCUT2D eigenvalue weighted by molar-refractivity contribution is 0.306. The fraction of sp³-hybridized carbons (Fsp3) is 0.562. The Morgan fingerprint density at radius 2 is 2.29 bits per heavy atom. The predicted molar refractivity (Wildman–Crippen MR) is 84.0 cm³/mol. The molecule has 1 fully saturated rings. The van der Waals surface area contributed by atoms with Gasteiger partial charge in [-0.25, -0.2) is 0 Å². The van der Waals surface area contributed by atoms with Gasteiger partial charge < -0.3 is 0 Å². The molecule has 5 heteroatoms. The highest BCUT2D eigenvalue weighted by molar-refractivity contribution is 7.99. The highest BCUT2D eigenvalue weighted by Crippen LogP contribution is 2.40. The van der Waals surface area contributed by atoms with Gasteiger partial charge in [-0.1, -0.05) is 37.6 Å². The van der Waals surface area contributed by atoms with E-state index in [0.29, 0.717) is 5.25 Å². The summed E-state index contributed by atoms with van der Waals surface area (Å²) in [4.78, 5) is 0. The summed E-state index contributed by atoms with van der Waals surface area (Å²) < 4.78 is 2.02. The van der Waals surface area contributed by atoms with Crippen LogP contribution in [-0.4, -0.2) is 19.8 Å². The van der Waals surface area contributed by atoms with Crippen LogP contribution < -0.4 is 0 Å². The van der Waals surface area contributed by atoms with Crippen LogP contribution in [0.4, 0.5) is 0 Å². The molecule has 0 N–H and O–H groups in total. The minimum absolute atomic E-state index is 0.138. The van der Waals surface area contributed by atoms with Crippen molar-refractivity contribution in [3.05, 3.63) is 24.4 Å². The lowest BCUT2D eigenvalue weighted by Gasteiger charge is -2.31. The summed E-state index contributed by atoms with van der Waals surface area (Å²) in [5.74, 6) is 0.899. The van der Waals surface area contributed by atoms with Crippen LogP contribution in [0.3, 0.4) is 0 Å². The average Bonchev–Trinajstić information content (AvgIpc) is 2.91. The molecule has 110 valence electrons. The van der Waals surface area contributed by atoms with Crippen LogP contribution in [0.5, 0.6) is 0 Å². The highest BCUT2D eigenvalue weighted by Gasteiger charge is 2.32. The number of aromatic nitrogens is 3. The Morgan fingerprint density at radius 1 is 1.38 bits per heavy atom. The maximum absolute atomic E-state index is 9.41. The first-order valence-electron chi connectivity index (χ1n) is 7.68. The van der Waals surface area contributed by atoms with Gasteiger partial charge in [0.15, 0.2) is 10.8 Å². The number of nitriles is 1. The van der Waals surface area contributed by atoms with E-state index in [-0.39, 0.29) is 5.92 Å². The van der Waals surface area contributed by atoms with Gasteiger partial charge in [-0.15, -0.1) is 10.2 Å². The van der Waals surface area contributed by atoms with Gasteiger partial charge in [-0.2, -0.15) is 5.26 Å². The minimum atomic E-state index is 0.138. The number of fused-ring (bicyclic) bond motifs is 1. The maximum Gasteiger partial charge on any atom is 0.195 e. The molecule has 0 saturated heterocycles. The largest absolute Gasteiger partial charge is 0.277 e. The van der Waals surface area contributed by atoms with E-state index in [4.69, 9.17) is 0 Å². The van der Waals surface area contributed by atoms with Crippen molar-refractivity contribution in [2.45, 2.75) is 49.4 Å². The third kappa shape index (κ3) is 3.06. The Kier molecular flexibility index (Phi) is 4.45. The van der Waals surface area contributed by atoms with Crippen molar-refractivity contribution in [2.24, 2.45) is 11.8 Å². The molecule has 0 amide bonds. The molecule has 0 spiro atoms. The molecule has 1 aliphatic carbocycles. The van der Waals surface area contributed by atoms with E-state index >= 15 is 0 Å². The minimum Gasteiger partial charge on any atom is -0.277 e. The Labute approximate surface area is 129 Å². The topological polar surface area (TPSA) is 54.0 Å². The molecule has 3 rings (SSSR count). The fourth-order valence-corrected chi connectivity index (χ4v) is 4.55. The van der Waals surface area contributed by atoms with Crippen LogP contribution in [0.25, 0.3) is 5.65 Å². The van der Waals surface area contributed by atoms with Crippen LogP contribution >= 0.6 is 11.8 Å². The van der Waals surface area contributed by atoms with Gasteiger partial charge in [0.2, 0.25) is 0 Å². The van der Waals surface area contributed by atoms with E-state index in [1.807, 2.05) is 28.8 Å². The van der Waals surface area contributed by atoms with Crippen molar-refractivity contribution >= 4 is 17.4 Å². The molecule has 0 aliphatic heterocycles. The quantitative estimate of drug-likeness (QED) is 0.858. The second kappa shape index (κ2) is 6.48. The standard InChI is InChI=1S/C16H20N4S/c1-2-5-12-7-8-13(11-17)14(10-12)21-16-19-18-15-6-3-4-9-20(15)16/h3-4,6,9,12-14H,2,5,7-8,10H2,1H3. The number of thioether (sulfide) groups is 1. The molecule has 1 aliphatic rings. The van der Waals surface area contributed by atoms with Crippen molar-refractivity contribution in [3.63, 3.8) is 0 Å². The van der Waals surface area contributed by atoms with Gasteiger partial charge >= 0.3 is 0 Å². The summed E-state index contributed by atoms with van der Waals surface area (Å²) in [6, 6.07) is 8.41. The molecule has 2 heterocycles. The molecule has 3 unspecified atom stereocenters. The maximum atomic E-state index is 9.41. The highest BCUT2D eigenvalue weighted by atomic mass is 32.2. The van der Waals surface area contributed by atoms with Gasteiger partial charge in [-0.05, 0) is 37.3 Å². The number of nitrogens with zero attached hydrogens (tertiary/aromatic N) is 4. The summed E-state index contributed by atoms with van der Waals surface area (Å²) >= 11 is 1.73. The average molecular weight is 300 g/mol. The first kappa shape index (κ1) is 14.4. The smallest absolute Gasteiger partial charge is 0.195 e. The Bertz CT molecular complexity index is 645. The third-order valence-corrected chi connectivity index (χ3v) is 5.62. The third-order valence-electron chi connectivity index (χ3n) is 4.30. The van der Waals surface area contributed by atoms with Gasteiger partial charge in [0.1, 0.15) is 0 Å². The van der Waals surface area contributed by atoms with Gasteiger partial charge in [0.05, 0.1) is 12.0 Å². The molecule has 4 nitrogen and oxygen atoms in total. The summed E-state index contributed by atoms with van der Waals surface area (Å²) in [5.41, 5.74) is 0.870. The zero-order chi connectivity index (χ0) is 14.7. The molecule has 0 bridgehead atoms. The monoisotopic (exact) mass is 300 g/mol. The van der Waals surface area contributed by atoms with Gasteiger partial charge in [-0.3, -0.25) is 4.40 Å². The van der Waals surface area contributed by atoms with E-state index in [0.717, 1.165) is 29.6 Å². The zero-order valence-corrected chi connectivity index (χ0v) is 13.1. The summed E-state index contributed by atoms with van der Waals surface area (Å²) in [7, 11) is 0. The van der Waals surface area contributed by atoms with E-state index in [1.165, 1.54) is 19.3 Å². The van der Waals surface area contributed by atoms with Crippen molar-refractivity contribution in [3.8, 4) is 6.07 Å². The Morgan fingerprint density at radius 3 is 3.10 bits per heavy atom. The first-order valence-corrected chi connectivity index (χ1v) is 8.55. The van der Waals surface area contributed by atoms with Crippen molar-refractivity contribution < 1.29 is 0 Å². The molecule has 2 aromatic heterocycles. The number of hydrogen-bond donors (Lipinski definition) is 0. The summed E-state index contributed by atoms with van der Waals surface area (Å²) in [6.45, 7) is 2.24. The van der Waals surface area contributed by atoms with Crippen LogP contribution in [0.2, 0.25) is 0 Å². The van der Waals surface area contributed by atoms with Crippen molar-refractivity contribution in [1.29, 1.82) is 5.26 Å². The Hall–Kier alpha value is -1.54. The van der Waals surface area contributed by atoms with Gasteiger partial charge in [0.25, 0.3) is 0 Å². The van der Waals surface area contributed by atoms with Crippen LogP contribution in [0.1, 0.15) is 39.0 Å². The van der Waals surface area contributed by atoms with Crippen LogP contribution in [0, 0.1) is 23.2 Å². The SMILES string of the molecule is CCCC1CCC(C#N)C(Sc2nnc3ccccn23)C1. The lowest BCUT2D eigenvalue weighted by Crippen LogP contribution is -2.26. The summed E-state index contributed by atoms with van der Waals surface area (Å²) in [6.07, 6.45) is 7.84. The molecule has 0 radical (unpaired) electrons.